The van der Waals surface area contributed by atoms with Gasteiger partial charge in [-0.3, -0.25) is 0 Å². The average Bonchev–Trinajstić information content (AvgIpc) is 2.61. The molecule has 0 radical (unpaired) electrons. The second-order valence-electron chi connectivity index (χ2n) is 7.33. The maximum absolute atomic E-state index is 14.7. The van der Waals surface area contributed by atoms with Crippen molar-refractivity contribution in [3.8, 4) is 11.1 Å². The largest absolute Gasteiger partial charge is 0.207 e. The van der Waals surface area contributed by atoms with E-state index in [4.69, 9.17) is 0 Å². The molecule has 1 aliphatic rings. The molecule has 0 spiro atoms. The van der Waals surface area contributed by atoms with Gasteiger partial charge in [-0.05, 0) is 66.3 Å². The van der Waals surface area contributed by atoms with Crippen molar-refractivity contribution in [3.05, 3.63) is 71.8 Å². The van der Waals surface area contributed by atoms with Crippen LogP contribution in [0.1, 0.15) is 56.1 Å². The molecule has 1 aliphatic carbocycles. The standard InChI is InChI=1S/C23H26F2/c1-3-4-5-17-8-12-21(22(24)14-17)19-11-13-20(23(25)15-19)18-9-6-16(2)7-10-18/h3,8,11-16,18H,1,4-7,9-10H2,2H3. The van der Waals surface area contributed by atoms with Crippen LogP contribution in [-0.2, 0) is 6.42 Å². The Labute approximate surface area is 149 Å². The molecule has 132 valence electrons. The van der Waals surface area contributed by atoms with E-state index in [1.807, 2.05) is 24.3 Å². The minimum atomic E-state index is -0.291. The Hall–Kier alpha value is -1.96. The van der Waals surface area contributed by atoms with Crippen LogP contribution in [0.4, 0.5) is 8.78 Å². The van der Waals surface area contributed by atoms with Crippen molar-refractivity contribution >= 4 is 0 Å². The van der Waals surface area contributed by atoms with Crippen molar-refractivity contribution in [2.24, 2.45) is 5.92 Å². The molecule has 0 unspecified atom stereocenters. The van der Waals surface area contributed by atoms with Crippen LogP contribution in [0.3, 0.4) is 0 Å². The van der Waals surface area contributed by atoms with E-state index in [9.17, 15) is 8.78 Å². The highest BCUT2D eigenvalue weighted by Gasteiger charge is 2.22. The number of halogens is 2. The third kappa shape index (κ3) is 4.18. The van der Waals surface area contributed by atoms with Crippen molar-refractivity contribution in [2.75, 3.05) is 0 Å². The van der Waals surface area contributed by atoms with Crippen LogP contribution in [0.25, 0.3) is 11.1 Å². The van der Waals surface area contributed by atoms with E-state index in [0.29, 0.717) is 17.0 Å². The monoisotopic (exact) mass is 340 g/mol. The Morgan fingerprint density at radius 3 is 2.40 bits per heavy atom. The molecule has 25 heavy (non-hydrogen) atoms. The molecular formula is C23H26F2. The first-order chi connectivity index (χ1) is 12.1. The van der Waals surface area contributed by atoms with Crippen LogP contribution < -0.4 is 0 Å². The van der Waals surface area contributed by atoms with Crippen molar-refractivity contribution < 1.29 is 8.78 Å². The minimum absolute atomic E-state index is 0.202. The maximum Gasteiger partial charge on any atom is 0.131 e. The minimum Gasteiger partial charge on any atom is -0.207 e. The first-order valence-electron chi connectivity index (χ1n) is 9.27. The van der Waals surface area contributed by atoms with Crippen LogP contribution in [0.2, 0.25) is 0 Å². The lowest BCUT2D eigenvalue weighted by atomic mass is 9.79. The van der Waals surface area contributed by atoms with Crippen molar-refractivity contribution in [3.63, 3.8) is 0 Å². The van der Waals surface area contributed by atoms with E-state index in [1.54, 1.807) is 12.1 Å². The summed E-state index contributed by atoms with van der Waals surface area (Å²) in [4.78, 5) is 0. The zero-order chi connectivity index (χ0) is 17.8. The SMILES string of the molecule is C=CCCc1ccc(-c2ccc(C3CCC(C)CC3)c(F)c2)c(F)c1. The van der Waals surface area contributed by atoms with Gasteiger partial charge in [0.15, 0.2) is 0 Å². The Morgan fingerprint density at radius 1 is 1.00 bits per heavy atom. The zero-order valence-corrected chi connectivity index (χ0v) is 14.9. The Balaban J connectivity index is 1.81. The summed E-state index contributed by atoms with van der Waals surface area (Å²) in [7, 11) is 0. The summed E-state index contributed by atoms with van der Waals surface area (Å²) in [5.74, 6) is 0.552. The Morgan fingerprint density at radius 2 is 1.76 bits per heavy atom. The number of benzene rings is 2. The van der Waals surface area contributed by atoms with Gasteiger partial charge < -0.3 is 0 Å². The molecule has 1 fully saturated rings. The molecule has 0 bridgehead atoms. The number of rotatable bonds is 5. The van der Waals surface area contributed by atoms with Crippen molar-refractivity contribution in [1.29, 1.82) is 0 Å². The van der Waals surface area contributed by atoms with Gasteiger partial charge in [0.25, 0.3) is 0 Å². The Bertz CT molecular complexity index is 740. The van der Waals surface area contributed by atoms with Gasteiger partial charge in [-0.15, -0.1) is 6.58 Å². The molecule has 0 saturated heterocycles. The zero-order valence-electron chi connectivity index (χ0n) is 14.9. The maximum atomic E-state index is 14.7. The van der Waals surface area contributed by atoms with Gasteiger partial charge in [0.05, 0.1) is 0 Å². The molecule has 0 atom stereocenters. The predicted molar refractivity (Wildman–Crippen MR) is 101 cm³/mol. The second-order valence-corrected chi connectivity index (χ2v) is 7.33. The topological polar surface area (TPSA) is 0 Å². The first kappa shape index (κ1) is 17.8. The van der Waals surface area contributed by atoms with Gasteiger partial charge >= 0.3 is 0 Å². The van der Waals surface area contributed by atoms with Crippen molar-refractivity contribution in [1.82, 2.24) is 0 Å². The summed E-state index contributed by atoms with van der Waals surface area (Å²) in [6.07, 6.45) is 7.83. The van der Waals surface area contributed by atoms with Crippen LogP contribution >= 0.6 is 0 Å². The summed E-state index contributed by atoms with van der Waals surface area (Å²) in [6.45, 7) is 5.95. The lowest BCUT2D eigenvalue weighted by molar-refractivity contribution is 0.342. The highest BCUT2D eigenvalue weighted by atomic mass is 19.1. The molecular weight excluding hydrogens is 314 g/mol. The lowest BCUT2D eigenvalue weighted by Crippen LogP contribution is -2.12. The number of aryl methyl sites for hydroxylation is 1. The van der Waals surface area contributed by atoms with Crippen LogP contribution in [-0.4, -0.2) is 0 Å². The fourth-order valence-electron chi connectivity index (χ4n) is 3.81. The molecule has 0 aromatic heterocycles. The number of hydrogen-bond donors (Lipinski definition) is 0. The predicted octanol–water partition coefficient (Wildman–Crippen LogP) is 7.04. The molecule has 3 rings (SSSR count). The summed E-state index contributed by atoms with van der Waals surface area (Å²) in [5.41, 5.74) is 2.80. The van der Waals surface area contributed by atoms with E-state index in [-0.39, 0.29) is 11.6 Å². The molecule has 2 aromatic rings. The van der Waals surface area contributed by atoms with E-state index < -0.39 is 0 Å². The fourth-order valence-corrected chi connectivity index (χ4v) is 3.81. The van der Waals surface area contributed by atoms with Gasteiger partial charge in [0.2, 0.25) is 0 Å². The normalized spacial score (nSPS) is 20.4. The second kappa shape index (κ2) is 7.95. The van der Waals surface area contributed by atoms with Crippen LogP contribution in [0.5, 0.6) is 0 Å². The molecule has 1 saturated carbocycles. The van der Waals surface area contributed by atoms with Crippen LogP contribution in [0, 0.1) is 17.6 Å². The highest BCUT2D eigenvalue weighted by Crippen LogP contribution is 2.37. The smallest absolute Gasteiger partial charge is 0.131 e. The quantitative estimate of drug-likeness (QED) is 0.512. The lowest BCUT2D eigenvalue weighted by Gasteiger charge is -2.26. The first-order valence-corrected chi connectivity index (χ1v) is 9.27. The van der Waals surface area contributed by atoms with E-state index in [0.717, 1.165) is 55.6 Å². The van der Waals surface area contributed by atoms with Gasteiger partial charge in [-0.2, -0.15) is 0 Å². The van der Waals surface area contributed by atoms with Gasteiger partial charge in [-0.25, -0.2) is 8.78 Å². The Kier molecular flexibility index (Phi) is 5.67. The highest BCUT2D eigenvalue weighted by molar-refractivity contribution is 5.65. The third-order valence-electron chi connectivity index (χ3n) is 5.44. The van der Waals surface area contributed by atoms with Gasteiger partial charge in [-0.1, -0.05) is 50.1 Å². The van der Waals surface area contributed by atoms with Gasteiger partial charge in [0, 0.05) is 5.56 Å². The number of hydrogen-bond acceptors (Lipinski definition) is 0. The molecule has 0 amide bonds. The van der Waals surface area contributed by atoms with E-state index >= 15 is 0 Å². The molecule has 2 heteroatoms. The van der Waals surface area contributed by atoms with E-state index in [1.165, 1.54) is 6.07 Å². The van der Waals surface area contributed by atoms with E-state index in [2.05, 4.69) is 13.5 Å². The summed E-state index contributed by atoms with van der Waals surface area (Å²) < 4.78 is 29.1. The average molecular weight is 340 g/mol. The van der Waals surface area contributed by atoms with Gasteiger partial charge in [0.1, 0.15) is 11.6 Å². The number of allylic oxidation sites excluding steroid dienone is 1. The van der Waals surface area contributed by atoms with Crippen LogP contribution in [0.15, 0.2) is 49.1 Å². The molecule has 2 aromatic carbocycles. The molecule has 0 N–H and O–H groups in total. The van der Waals surface area contributed by atoms with Crippen molar-refractivity contribution in [2.45, 2.75) is 51.4 Å². The summed E-state index contributed by atoms with van der Waals surface area (Å²) in [5, 5.41) is 0. The third-order valence-corrected chi connectivity index (χ3v) is 5.44. The summed E-state index contributed by atoms with van der Waals surface area (Å²) >= 11 is 0. The molecule has 0 nitrogen and oxygen atoms in total. The molecule has 0 aliphatic heterocycles. The fraction of sp³-hybridized carbons (Fsp3) is 0.391. The summed E-state index contributed by atoms with van der Waals surface area (Å²) in [6, 6.07) is 10.4. The molecule has 0 heterocycles.